The van der Waals surface area contributed by atoms with Gasteiger partial charge in [0.15, 0.2) is 0 Å². The summed E-state index contributed by atoms with van der Waals surface area (Å²) in [4.78, 5) is 12.7. The fourth-order valence-electron chi connectivity index (χ4n) is 3.70. The second kappa shape index (κ2) is 10.3. The Bertz CT molecular complexity index is 998. The van der Waals surface area contributed by atoms with E-state index in [1.54, 1.807) is 44.4 Å². The van der Waals surface area contributed by atoms with Gasteiger partial charge in [0, 0.05) is 31.2 Å². The number of carbonyl (C=O) groups excluding carboxylic acids is 1. The van der Waals surface area contributed by atoms with Crippen molar-refractivity contribution in [1.29, 1.82) is 0 Å². The number of carbonyl (C=O) groups is 1. The number of halogens is 1. The van der Waals surface area contributed by atoms with Gasteiger partial charge >= 0.3 is 10.2 Å². The van der Waals surface area contributed by atoms with E-state index in [1.165, 1.54) is 8.61 Å². The SMILES string of the molecule is CCN(c1ccc(OC)cc1)S(=O)(=O)N1CCCC(C(=O)NCc2ccccc2Cl)C1. The lowest BCUT2D eigenvalue weighted by molar-refractivity contribution is -0.126. The quantitative estimate of drug-likeness (QED) is 0.647. The fourth-order valence-corrected chi connectivity index (χ4v) is 5.63. The summed E-state index contributed by atoms with van der Waals surface area (Å²) < 4.78 is 34.6. The molecule has 0 aromatic heterocycles. The van der Waals surface area contributed by atoms with E-state index in [9.17, 15) is 13.2 Å². The molecule has 168 valence electrons. The smallest absolute Gasteiger partial charge is 0.304 e. The Hall–Kier alpha value is -2.29. The third-order valence-corrected chi connectivity index (χ3v) is 7.80. The summed E-state index contributed by atoms with van der Waals surface area (Å²) in [5, 5.41) is 3.49. The second-order valence-corrected chi connectivity index (χ2v) is 9.64. The van der Waals surface area contributed by atoms with E-state index in [-0.39, 0.29) is 19.0 Å². The molecule has 1 unspecified atom stereocenters. The molecule has 1 aliphatic heterocycles. The van der Waals surface area contributed by atoms with Gasteiger partial charge in [-0.2, -0.15) is 12.7 Å². The predicted molar refractivity (Wildman–Crippen MR) is 123 cm³/mol. The van der Waals surface area contributed by atoms with Crippen LogP contribution >= 0.6 is 11.6 Å². The lowest BCUT2D eigenvalue weighted by Crippen LogP contribution is -2.50. The number of piperidine rings is 1. The van der Waals surface area contributed by atoms with E-state index in [0.29, 0.717) is 42.4 Å². The van der Waals surface area contributed by atoms with Gasteiger partial charge in [-0.25, -0.2) is 0 Å². The van der Waals surface area contributed by atoms with Crippen LogP contribution in [0.5, 0.6) is 5.75 Å². The normalized spacial score (nSPS) is 17.2. The molecule has 1 heterocycles. The van der Waals surface area contributed by atoms with Crippen molar-refractivity contribution in [1.82, 2.24) is 9.62 Å². The molecule has 1 saturated heterocycles. The van der Waals surface area contributed by atoms with Crippen molar-refractivity contribution in [3.63, 3.8) is 0 Å². The standard InChI is InChI=1S/C22H28ClN3O4S/c1-3-26(19-10-12-20(30-2)13-11-19)31(28,29)25-14-6-8-18(16-25)22(27)24-15-17-7-4-5-9-21(17)23/h4-5,7,9-13,18H,3,6,8,14-16H2,1-2H3,(H,24,27). The van der Waals surface area contributed by atoms with E-state index in [4.69, 9.17) is 16.3 Å². The Morgan fingerprint density at radius 3 is 2.58 bits per heavy atom. The van der Waals surface area contributed by atoms with Crippen molar-refractivity contribution in [2.75, 3.05) is 31.0 Å². The molecule has 9 heteroatoms. The number of rotatable bonds is 8. The minimum absolute atomic E-state index is 0.156. The van der Waals surface area contributed by atoms with Gasteiger partial charge in [0.25, 0.3) is 0 Å². The summed E-state index contributed by atoms with van der Waals surface area (Å²) in [6.07, 6.45) is 1.28. The van der Waals surface area contributed by atoms with Crippen LogP contribution in [0.1, 0.15) is 25.3 Å². The number of amides is 1. The van der Waals surface area contributed by atoms with Gasteiger partial charge in [-0.3, -0.25) is 9.10 Å². The van der Waals surface area contributed by atoms with Crippen LogP contribution in [0.15, 0.2) is 48.5 Å². The maximum absolute atomic E-state index is 13.3. The first kappa shape index (κ1) is 23.4. The van der Waals surface area contributed by atoms with Crippen LogP contribution in [-0.4, -0.2) is 45.4 Å². The average molecular weight is 466 g/mol. The van der Waals surface area contributed by atoms with Gasteiger partial charge in [-0.05, 0) is 55.7 Å². The first-order chi connectivity index (χ1) is 14.9. The van der Waals surface area contributed by atoms with E-state index < -0.39 is 16.1 Å². The lowest BCUT2D eigenvalue weighted by atomic mass is 9.99. The second-order valence-electron chi connectivity index (χ2n) is 7.38. The third kappa shape index (κ3) is 5.50. The average Bonchev–Trinajstić information content (AvgIpc) is 2.79. The Balaban J connectivity index is 1.68. The molecule has 7 nitrogen and oxygen atoms in total. The van der Waals surface area contributed by atoms with Crippen LogP contribution in [0.3, 0.4) is 0 Å². The summed E-state index contributed by atoms with van der Waals surface area (Å²) in [7, 11) is -2.20. The van der Waals surface area contributed by atoms with Gasteiger partial charge in [0.1, 0.15) is 5.75 Å². The van der Waals surface area contributed by atoms with Crippen LogP contribution in [-0.2, 0) is 21.5 Å². The largest absolute Gasteiger partial charge is 0.497 e. The first-order valence-electron chi connectivity index (χ1n) is 10.3. The number of methoxy groups -OCH3 is 1. The Kier molecular flexibility index (Phi) is 7.80. The van der Waals surface area contributed by atoms with Crippen LogP contribution in [0.2, 0.25) is 5.02 Å². The molecule has 1 aliphatic rings. The molecular formula is C22H28ClN3O4S. The molecule has 0 saturated carbocycles. The molecule has 31 heavy (non-hydrogen) atoms. The van der Waals surface area contributed by atoms with Crippen molar-refractivity contribution in [3.05, 3.63) is 59.1 Å². The van der Waals surface area contributed by atoms with Crippen LogP contribution in [0.25, 0.3) is 0 Å². The number of ether oxygens (including phenoxy) is 1. The first-order valence-corrected chi connectivity index (χ1v) is 12.1. The number of hydrogen-bond donors (Lipinski definition) is 1. The minimum Gasteiger partial charge on any atom is -0.497 e. The molecule has 2 aromatic rings. The molecule has 1 fully saturated rings. The number of nitrogens with one attached hydrogen (secondary N) is 1. The number of anilines is 1. The maximum Gasteiger partial charge on any atom is 0.304 e. The Morgan fingerprint density at radius 1 is 1.23 bits per heavy atom. The molecule has 1 amide bonds. The van der Waals surface area contributed by atoms with Gasteiger partial charge in [0.2, 0.25) is 5.91 Å². The summed E-state index contributed by atoms with van der Waals surface area (Å²) in [5.41, 5.74) is 1.39. The third-order valence-electron chi connectivity index (χ3n) is 5.42. The van der Waals surface area contributed by atoms with Crippen LogP contribution < -0.4 is 14.4 Å². The Labute approximate surface area is 189 Å². The van der Waals surface area contributed by atoms with Crippen LogP contribution in [0.4, 0.5) is 5.69 Å². The molecule has 1 N–H and O–H groups in total. The van der Waals surface area contributed by atoms with E-state index in [0.717, 1.165) is 5.56 Å². The highest BCUT2D eigenvalue weighted by Gasteiger charge is 2.35. The summed E-state index contributed by atoms with van der Waals surface area (Å²) >= 11 is 6.15. The molecule has 0 radical (unpaired) electrons. The highest BCUT2D eigenvalue weighted by Crippen LogP contribution is 2.27. The summed E-state index contributed by atoms with van der Waals surface area (Å²) in [6, 6.07) is 14.2. The minimum atomic E-state index is -3.76. The highest BCUT2D eigenvalue weighted by molar-refractivity contribution is 7.90. The van der Waals surface area contributed by atoms with E-state index in [1.807, 2.05) is 18.2 Å². The van der Waals surface area contributed by atoms with Gasteiger partial charge in [-0.15, -0.1) is 0 Å². The predicted octanol–water partition coefficient (Wildman–Crippen LogP) is 3.45. The van der Waals surface area contributed by atoms with E-state index >= 15 is 0 Å². The highest BCUT2D eigenvalue weighted by atomic mass is 35.5. The van der Waals surface area contributed by atoms with Crippen molar-refractivity contribution in [3.8, 4) is 5.75 Å². The zero-order chi connectivity index (χ0) is 22.4. The van der Waals surface area contributed by atoms with Gasteiger partial charge in [-0.1, -0.05) is 29.8 Å². The zero-order valence-electron chi connectivity index (χ0n) is 17.8. The van der Waals surface area contributed by atoms with E-state index in [2.05, 4.69) is 5.32 Å². The summed E-state index contributed by atoms with van der Waals surface area (Å²) in [6.45, 7) is 2.94. The molecule has 0 spiro atoms. The molecule has 0 bridgehead atoms. The monoisotopic (exact) mass is 465 g/mol. The molecule has 3 rings (SSSR count). The topological polar surface area (TPSA) is 79.0 Å². The van der Waals surface area contributed by atoms with Crippen molar-refractivity contribution >= 4 is 33.4 Å². The zero-order valence-corrected chi connectivity index (χ0v) is 19.3. The van der Waals surface area contributed by atoms with Crippen LogP contribution in [0, 0.1) is 5.92 Å². The maximum atomic E-state index is 13.3. The van der Waals surface area contributed by atoms with Crippen molar-refractivity contribution in [2.45, 2.75) is 26.3 Å². The number of benzene rings is 2. The Morgan fingerprint density at radius 2 is 1.94 bits per heavy atom. The lowest BCUT2D eigenvalue weighted by Gasteiger charge is -2.35. The molecule has 2 aromatic carbocycles. The van der Waals surface area contributed by atoms with Crippen molar-refractivity contribution < 1.29 is 17.9 Å². The molecule has 1 atom stereocenters. The number of nitrogens with zero attached hydrogens (tertiary/aromatic N) is 2. The molecular weight excluding hydrogens is 438 g/mol. The van der Waals surface area contributed by atoms with Gasteiger partial charge in [0.05, 0.1) is 18.7 Å². The molecule has 0 aliphatic carbocycles. The summed E-state index contributed by atoms with van der Waals surface area (Å²) in [5.74, 6) is 0.0957. The number of hydrogen-bond acceptors (Lipinski definition) is 4. The van der Waals surface area contributed by atoms with Gasteiger partial charge < -0.3 is 10.1 Å². The van der Waals surface area contributed by atoms with Crippen molar-refractivity contribution in [2.24, 2.45) is 5.92 Å². The fraction of sp³-hybridized carbons (Fsp3) is 0.409.